The first-order valence-electron chi connectivity index (χ1n) is 5.27. The highest BCUT2D eigenvalue weighted by atomic mass is 16.3. The topological polar surface area (TPSA) is 23.5 Å². The summed E-state index contributed by atoms with van der Waals surface area (Å²) in [6.07, 6.45) is 6.74. The second-order valence-electron chi connectivity index (χ2n) is 4.04. The van der Waals surface area contributed by atoms with Crippen LogP contribution in [0.2, 0.25) is 0 Å². The minimum Gasteiger partial charge on any atom is -0.508 e. The molecule has 2 nitrogen and oxygen atoms in total. The number of allylic oxidation sites excluding steroid dienone is 1. The van der Waals surface area contributed by atoms with E-state index in [1.807, 2.05) is 12.3 Å². The average molecular weight is 199 g/mol. The normalized spacial score (nSPS) is 23.1. The van der Waals surface area contributed by atoms with Crippen LogP contribution >= 0.6 is 0 Å². The van der Waals surface area contributed by atoms with Gasteiger partial charge in [-0.3, -0.25) is 0 Å². The SMILES string of the molecule is OC1=CC2c3ccccc3CCN2C=C1. The second-order valence-corrected chi connectivity index (χ2v) is 4.04. The molecule has 2 heterocycles. The molecule has 0 aliphatic carbocycles. The quantitative estimate of drug-likeness (QED) is 0.694. The minimum atomic E-state index is 0.222. The van der Waals surface area contributed by atoms with Crippen molar-refractivity contribution in [1.82, 2.24) is 4.90 Å². The molecule has 1 aromatic carbocycles. The fourth-order valence-electron chi connectivity index (χ4n) is 2.36. The lowest BCUT2D eigenvalue weighted by atomic mass is 9.91. The third kappa shape index (κ3) is 1.33. The molecule has 1 unspecified atom stereocenters. The van der Waals surface area contributed by atoms with Gasteiger partial charge in [-0.05, 0) is 29.7 Å². The van der Waals surface area contributed by atoms with Crippen LogP contribution in [0.4, 0.5) is 0 Å². The molecule has 0 saturated heterocycles. The Morgan fingerprint density at radius 2 is 2.13 bits per heavy atom. The van der Waals surface area contributed by atoms with E-state index in [4.69, 9.17) is 0 Å². The number of fused-ring (bicyclic) bond motifs is 3. The molecule has 15 heavy (non-hydrogen) atoms. The largest absolute Gasteiger partial charge is 0.508 e. The zero-order valence-corrected chi connectivity index (χ0v) is 8.43. The molecule has 0 bridgehead atoms. The van der Waals surface area contributed by atoms with Gasteiger partial charge in [0, 0.05) is 12.7 Å². The number of nitrogens with zero attached hydrogens (tertiary/aromatic N) is 1. The fraction of sp³-hybridized carbons (Fsp3) is 0.231. The molecule has 0 aromatic heterocycles. The summed E-state index contributed by atoms with van der Waals surface area (Å²) in [5, 5.41) is 9.52. The number of hydrogen-bond acceptors (Lipinski definition) is 2. The van der Waals surface area contributed by atoms with Gasteiger partial charge in [0.15, 0.2) is 0 Å². The van der Waals surface area contributed by atoms with Crippen LogP contribution in [0.25, 0.3) is 0 Å². The second kappa shape index (κ2) is 3.16. The minimum absolute atomic E-state index is 0.222. The van der Waals surface area contributed by atoms with E-state index < -0.39 is 0 Å². The Balaban J connectivity index is 2.09. The summed E-state index contributed by atoms with van der Waals surface area (Å²) in [6, 6.07) is 8.69. The first-order valence-corrected chi connectivity index (χ1v) is 5.27. The maximum atomic E-state index is 9.52. The first-order chi connectivity index (χ1) is 7.34. The summed E-state index contributed by atoms with van der Waals surface area (Å²) >= 11 is 0. The van der Waals surface area contributed by atoms with Crippen molar-refractivity contribution in [3.8, 4) is 0 Å². The monoisotopic (exact) mass is 199 g/mol. The van der Waals surface area contributed by atoms with E-state index in [2.05, 4.69) is 29.2 Å². The Labute approximate surface area is 89.1 Å². The standard InChI is InChI=1S/C13H13NO/c15-11-6-8-14-7-5-10-3-1-2-4-12(10)13(14)9-11/h1-4,6,8-9,13,15H,5,7H2. The summed E-state index contributed by atoms with van der Waals surface area (Å²) in [7, 11) is 0. The maximum Gasteiger partial charge on any atom is 0.115 e. The highest BCUT2D eigenvalue weighted by Crippen LogP contribution is 2.33. The molecule has 2 heteroatoms. The van der Waals surface area contributed by atoms with Crippen molar-refractivity contribution in [3.63, 3.8) is 0 Å². The van der Waals surface area contributed by atoms with E-state index in [1.165, 1.54) is 11.1 Å². The van der Waals surface area contributed by atoms with E-state index >= 15 is 0 Å². The van der Waals surface area contributed by atoms with Gasteiger partial charge >= 0.3 is 0 Å². The van der Waals surface area contributed by atoms with Crippen molar-refractivity contribution in [2.24, 2.45) is 0 Å². The number of aliphatic hydroxyl groups excluding tert-OH is 1. The van der Waals surface area contributed by atoms with E-state index in [0.29, 0.717) is 5.76 Å². The lowest BCUT2D eigenvalue weighted by Gasteiger charge is -2.36. The first kappa shape index (κ1) is 8.60. The van der Waals surface area contributed by atoms with Crippen molar-refractivity contribution in [2.45, 2.75) is 12.5 Å². The van der Waals surface area contributed by atoms with Crippen LogP contribution in [-0.4, -0.2) is 16.6 Å². The van der Waals surface area contributed by atoms with Gasteiger partial charge in [0.25, 0.3) is 0 Å². The van der Waals surface area contributed by atoms with Gasteiger partial charge in [0.05, 0.1) is 6.04 Å². The summed E-state index contributed by atoms with van der Waals surface area (Å²) in [6.45, 7) is 1.03. The maximum absolute atomic E-state index is 9.52. The van der Waals surface area contributed by atoms with Crippen LogP contribution in [0.1, 0.15) is 17.2 Å². The van der Waals surface area contributed by atoms with Gasteiger partial charge in [-0.1, -0.05) is 24.3 Å². The summed E-state index contributed by atoms with van der Waals surface area (Å²) in [5.74, 6) is 0.368. The lowest BCUT2D eigenvalue weighted by molar-refractivity contribution is 0.288. The van der Waals surface area contributed by atoms with Crippen molar-refractivity contribution < 1.29 is 5.11 Å². The van der Waals surface area contributed by atoms with Crippen LogP contribution in [0, 0.1) is 0 Å². The molecular formula is C13H13NO. The molecule has 2 aliphatic heterocycles. The average Bonchev–Trinajstić information content (AvgIpc) is 2.29. The zero-order chi connectivity index (χ0) is 10.3. The van der Waals surface area contributed by atoms with Gasteiger partial charge < -0.3 is 10.0 Å². The van der Waals surface area contributed by atoms with Gasteiger partial charge in [-0.25, -0.2) is 0 Å². The van der Waals surface area contributed by atoms with Gasteiger partial charge in [-0.15, -0.1) is 0 Å². The highest BCUT2D eigenvalue weighted by Gasteiger charge is 2.25. The molecule has 3 rings (SSSR count). The Morgan fingerprint density at radius 1 is 1.27 bits per heavy atom. The van der Waals surface area contributed by atoms with Crippen LogP contribution in [-0.2, 0) is 6.42 Å². The number of benzene rings is 1. The van der Waals surface area contributed by atoms with Crippen LogP contribution < -0.4 is 0 Å². The van der Waals surface area contributed by atoms with E-state index in [-0.39, 0.29) is 6.04 Å². The van der Waals surface area contributed by atoms with Crippen molar-refractivity contribution in [1.29, 1.82) is 0 Å². The Hall–Kier alpha value is -1.70. The predicted molar refractivity (Wildman–Crippen MR) is 59.4 cm³/mol. The predicted octanol–water partition coefficient (Wildman–Crippen LogP) is 2.56. The Bertz CT molecular complexity index is 448. The number of rotatable bonds is 0. The third-order valence-corrected chi connectivity index (χ3v) is 3.14. The van der Waals surface area contributed by atoms with Crippen molar-refractivity contribution >= 4 is 0 Å². The highest BCUT2D eigenvalue weighted by molar-refractivity contribution is 5.38. The van der Waals surface area contributed by atoms with Crippen molar-refractivity contribution in [3.05, 3.63) is 59.5 Å². The molecule has 2 aliphatic rings. The molecule has 0 fully saturated rings. The Kier molecular flexibility index (Phi) is 1.81. The molecule has 1 N–H and O–H groups in total. The smallest absolute Gasteiger partial charge is 0.115 e. The third-order valence-electron chi connectivity index (χ3n) is 3.14. The summed E-state index contributed by atoms with van der Waals surface area (Å²) < 4.78 is 0. The molecule has 0 radical (unpaired) electrons. The van der Waals surface area contributed by atoms with E-state index in [9.17, 15) is 5.11 Å². The molecule has 0 saturated carbocycles. The number of hydrogen-bond donors (Lipinski definition) is 1. The molecule has 0 spiro atoms. The van der Waals surface area contributed by atoms with E-state index in [0.717, 1.165) is 13.0 Å². The van der Waals surface area contributed by atoms with Gasteiger partial charge in [-0.2, -0.15) is 0 Å². The summed E-state index contributed by atoms with van der Waals surface area (Å²) in [5.41, 5.74) is 2.72. The fourth-order valence-corrected chi connectivity index (χ4v) is 2.36. The molecular weight excluding hydrogens is 186 g/mol. The van der Waals surface area contributed by atoms with Crippen LogP contribution in [0.15, 0.2) is 48.4 Å². The Morgan fingerprint density at radius 3 is 3.07 bits per heavy atom. The molecule has 1 aromatic rings. The molecule has 76 valence electrons. The molecule has 1 atom stereocenters. The van der Waals surface area contributed by atoms with E-state index in [1.54, 1.807) is 6.08 Å². The van der Waals surface area contributed by atoms with Gasteiger partial charge in [0.2, 0.25) is 0 Å². The van der Waals surface area contributed by atoms with Crippen molar-refractivity contribution in [2.75, 3.05) is 6.54 Å². The number of aliphatic hydroxyl groups is 1. The van der Waals surface area contributed by atoms with Gasteiger partial charge in [0.1, 0.15) is 5.76 Å². The summed E-state index contributed by atoms with van der Waals surface area (Å²) in [4.78, 5) is 2.27. The zero-order valence-electron chi connectivity index (χ0n) is 8.43. The lowest BCUT2D eigenvalue weighted by Crippen LogP contribution is -2.31. The van der Waals surface area contributed by atoms with Crippen LogP contribution in [0.5, 0.6) is 0 Å². The molecule has 0 amide bonds. The van der Waals surface area contributed by atoms with Crippen LogP contribution in [0.3, 0.4) is 0 Å².